The van der Waals surface area contributed by atoms with Gasteiger partial charge in [-0.2, -0.15) is 0 Å². The van der Waals surface area contributed by atoms with Gasteiger partial charge < -0.3 is 19.3 Å². The molecule has 0 spiro atoms. The predicted octanol–water partition coefficient (Wildman–Crippen LogP) is 0.663. The highest BCUT2D eigenvalue weighted by molar-refractivity contribution is 5.80. The van der Waals surface area contributed by atoms with Crippen molar-refractivity contribution < 1.29 is 9.47 Å². The first kappa shape index (κ1) is 14.3. The Morgan fingerprint density at radius 3 is 1.47 bits per heavy atom. The molecule has 5 nitrogen and oxygen atoms in total. The Labute approximate surface area is 104 Å². The lowest BCUT2D eigenvalue weighted by molar-refractivity contribution is 0.0420. The summed E-state index contributed by atoms with van der Waals surface area (Å²) in [5, 5.41) is 0. The molecule has 0 atom stereocenters. The Balaban J connectivity index is 0.000000686. The number of morpholine rings is 2. The predicted molar refractivity (Wildman–Crippen MR) is 69.5 cm³/mol. The van der Waals surface area contributed by atoms with E-state index in [0.717, 1.165) is 58.6 Å². The normalized spacial score (nSPS) is 20.4. The maximum Gasteiger partial charge on any atom is 0.196 e. The molecule has 2 heterocycles. The van der Waals surface area contributed by atoms with E-state index in [1.807, 2.05) is 20.9 Å². The number of hydrogen-bond acceptors (Lipinski definition) is 3. The van der Waals surface area contributed by atoms with Crippen LogP contribution in [0.1, 0.15) is 13.8 Å². The van der Waals surface area contributed by atoms with Gasteiger partial charge in [-0.15, -0.1) is 0 Å². The van der Waals surface area contributed by atoms with Crippen molar-refractivity contribution >= 4 is 5.96 Å². The van der Waals surface area contributed by atoms with Gasteiger partial charge in [0.15, 0.2) is 5.96 Å². The molecule has 2 aliphatic rings. The molecule has 0 radical (unpaired) electrons. The monoisotopic (exact) mass is 243 g/mol. The molecule has 2 fully saturated rings. The van der Waals surface area contributed by atoms with Gasteiger partial charge in [0.2, 0.25) is 0 Å². The number of guanidine groups is 1. The highest BCUT2D eigenvalue weighted by atomic mass is 16.5. The second kappa shape index (κ2) is 8.31. The van der Waals surface area contributed by atoms with Crippen LogP contribution in [0.2, 0.25) is 0 Å². The van der Waals surface area contributed by atoms with Gasteiger partial charge in [0.1, 0.15) is 0 Å². The topological polar surface area (TPSA) is 37.3 Å². The second-order valence-corrected chi connectivity index (χ2v) is 3.72. The first-order valence-electron chi connectivity index (χ1n) is 6.54. The van der Waals surface area contributed by atoms with Gasteiger partial charge in [-0.1, -0.05) is 13.8 Å². The Kier molecular flexibility index (Phi) is 6.96. The molecule has 2 rings (SSSR count). The number of rotatable bonds is 0. The SMILES string of the molecule is CC.CN=C(N1CCOCC1)N1CCOCC1. The molecule has 0 N–H and O–H groups in total. The summed E-state index contributed by atoms with van der Waals surface area (Å²) in [7, 11) is 1.86. The average Bonchev–Trinajstić information content (AvgIpc) is 2.44. The second-order valence-electron chi connectivity index (χ2n) is 3.72. The highest BCUT2D eigenvalue weighted by Gasteiger charge is 2.21. The van der Waals surface area contributed by atoms with Crippen LogP contribution < -0.4 is 0 Å². The minimum Gasteiger partial charge on any atom is -0.378 e. The summed E-state index contributed by atoms with van der Waals surface area (Å²) in [6.45, 7) is 11.0. The van der Waals surface area contributed by atoms with Gasteiger partial charge in [0.05, 0.1) is 26.4 Å². The molecule has 0 amide bonds. The minimum atomic E-state index is 0.809. The third-order valence-electron chi connectivity index (χ3n) is 2.79. The van der Waals surface area contributed by atoms with Crippen molar-refractivity contribution in [3.05, 3.63) is 0 Å². The van der Waals surface area contributed by atoms with Gasteiger partial charge in [0.25, 0.3) is 0 Å². The fourth-order valence-corrected chi connectivity index (χ4v) is 2.01. The largest absolute Gasteiger partial charge is 0.378 e. The summed E-state index contributed by atoms with van der Waals surface area (Å²) in [6, 6.07) is 0. The van der Waals surface area contributed by atoms with Gasteiger partial charge in [-0.25, -0.2) is 0 Å². The lowest BCUT2D eigenvalue weighted by Crippen LogP contribution is -2.52. The number of aliphatic imine (C=N–C) groups is 1. The third kappa shape index (κ3) is 4.16. The zero-order valence-electron chi connectivity index (χ0n) is 11.3. The Morgan fingerprint density at radius 1 is 0.824 bits per heavy atom. The van der Waals surface area contributed by atoms with Crippen LogP contribution >= 0.6 is 0 Å². The quantitative estimate of drug-likeness (QED) is 0.463. The van der Waals surface area contributed by atoms with Gasteiger partial charge in [-0.3, -0.25) is 4.99 Å². The van der Waals surface area contributed by atoms with Crippen molar-refractivity contribution in [2.45, 2.75) is 13.8 Å². The molecule has 0 aromatic heterocycles. The molecule has 0 saturated carbocycles. The van der Waals surface area contributed by atoms with Gasteiger partial charge in [0, 0.05) is 33.2 Å². The van der Waals surface area contributed by atoms with E-state index in [1.54, 1.807) is 0 Å². The van der Waals surface area contributed by atoms with Crippen molar-refractivity contribution in [3.8, 4) is 0 Å². The third-order valence-corrected chi connectivity index (χ3v) is 2.79. The minimum absolute atomic E-state index is 0.809. The molecule has 100 valence electrons. The van der Waals surface area contributed by atoms with Crippen LogP contribution in [0.5, 0.6) is 0 Å². The fraction of sp³-hybridized carbons (Fsp3) is 0.917. The molecule has 0 aromatic rings. The van der Waals surface area contributed by atoms with E-state index in [4.69, 9.17) is 9.47 Å². The molecule has 0 aliphatic carbocycles. The molecular formula is C12H25N3O2. The Hall–Kier alpha value is -0.810. The smallest absolute Gasteiger partial charge is 0.196 e. The van der Waals surface area contributed by atoms with Crippen LogP contribution in [0.4, 0.5) is 0 Å². The first-order chi connectivity index (χ1) is 8.42. The fourth-order valence-electron chi connectivity index (χ4n) is 2.01. The molecule has 2 aliphatic heterocycles. The molecule has 17 heavy (non-hydrogen) atoms. The van der Waals surface area contributed by atoms with Crippen molar-refractivity contribution in [1.29, 1.82) is 0 Å². The summed E-state index contributed by atoms with van der Waals surface area (Å²) >= 11 is 0. The highest BCUT2D eigenvalue weighted by Crippen LogP contribution is 2.06. The van der Waals surface area contributed by atoms with E-state index in [1.165, 1.54) is 0 Å². The van der Waals surface area contributed by atoms with E-state index >= 15 is 0 Å². The van der Waals surface area contributed by atoms with Crippen molar-refractivity contribution in [3.63, 3.8) is 0 Å². The summed E-state index contributed by atoms with van der Waals surface area (Å²) in [5.41, 5.74) is 0. The van der Waals surface area contributed by atoms with Crippen molar-refractivity contribution in [2.75, 3.05) is 59.7 Å². The molecule has 0 unspecified atom stereocenters. The zero-order valence-corrected chi connectivity index (χ0v) is 11.3. The number of ether oxygens (including phenoxy) is 2. The van der Waals surface area contributed by atoms with Crippen LogP contribution in [0.15, 0.2) is 4.99 Å². The summed E-state index contributed by atoms with van der Waals surface area (Å²) < 4.78 is 10.7. The van der Waals surface area contributed by atoms with Crippen LogP contribution in [-0.4, -0.2) is 75.4 Å². The van der Waals surface area contributed by atoms with Crippen LogP contribution in [0, 0.1) is 0 Å². The first-order valence-corrected chi connectivity index (χ1v) is 6.54. The van der Waals surface area contributed by atoms with Crippen LogP contribution in [-0.2, 0) is 9.47 Å². The molecular weight excluding hydrogens is 218 g/mol. The van der Waals surface area contributed by atoms with Gasteiger partial charge in [-0.05, 0) is 0 Å². The molecule has 5 heteroatoms. The number of hydrogen-bond donors (Lipinski definition) is 0. The maximum atomic E-state index is 5.34. The maximum absolute atomic E-state index is 5.34. The van der Waals surface area contributed by atoms with E-state index in [-0.39, 0.29) is 0 Å². The Bertz CT molecular complexity index is 202. The number of nitrogens with zero attached hydrogens (tertiary/aromatic N) is 3. The molecule has 0 aromatic carbocycles. The van der Waals surface area contributed by atoms with E-state index in [9.17, 15) is 0 Å². The van der Waals surface area contributed by atoms with E-state index in [0.29, 0.717) is 0 Å². The zero-order chi connectivity index (χ0) is 12.5. The van der Waals surface area contributed by atoms with Crippen LogP contribution in [0.3, 0.4) is 0 Å². The standard InChI is InChI=1S/C10H19N3O2.C2H6/c1-11-10(12-2-6-14-7-3-12)13-4-8-15-9-5-13;1-2/h2-9H2,1H3;1-2H3. The summed E-state index contributed by atoms with van der Waals surface area (Å²) in [5.74, 6) is 1.10. The molecule has 2 saturated heterocycles. The summed E-state index contributed by atoms with van der Waals surface area (Å²) in [6.07, 6.45) is 0. The Morgan fingerprint density at radius 2 is 1.18 bits per heavy atom. The van der Waals surface area contributed by atoms with E-state index in [2.05, 4.69) is 14.8 Å². The van der Waals surface area contributed by atoms with Gasteiger partial charge >= 0.3 is 0 Å². The lowest BCUT2D eigenvalue weighted by Gasteiger charge is -2.37. The molecule has 0 bridgehead atoms. The van der Waals surface area contributed by atoms with E-state index < -0.39 is 0 Å². The van der Waals surface area contributed by atoms with Crippen molar-refractivity contribution in [2.24, 2.45) is 4.99 Å². The lowest BCUT2D eigenvalue weighted by atomic mass is 10.4. The average molecular weight is 243 g/mol. The van der Waals surface area contributed by atoms with Crippen LogP contribution in [0.25, 0.3) is 0 Å². The van der Waals surface area contributed by atoms with Crippen molar-refractivity contribution in [1.82, 2.24) is 9.80 Å². The summed E-state index contributed by atoms with van der Waals surface area (Å²) in [4.78, 5) is 8.99.